The number of fused-ring (bicyclic) bond motifs is 1. The first kappa shape index (κ1) is 22.3. The summed E-state index contributed by atoms with van der Waals surface area (Å²) in [6.45, 7) is 0.334. The van der Waals surface area contributed by atoms with Gasteiger partial charge in [-0.05, 0) is 18.2 Å². The van der Waals surface area contributed by atoms with Crippen molar-refractivity contribution in [3.8, 4) is 0 Å². The van der Waals surface area contributed by atoms with Gasteiger partial charge in [0.15, 0.2) is 0 Å². The summed E-state index contributed by atoms with van der Waals surface area (Å²) in [5, 5.41) is 11.0. The van der Waals surface area contributed by atoms with Crippen LogP contribution in [-0.4, -0.2) is 64.2 Å². The Kier molecular flexibility index (Phi) is 5.99. The first-order chi connectivity index (χ1) is 15.2. The van der Waals surface area contributed by atoms with E-state index in [1.165, 1.54) is 45.9 Å². The third kappa shape index (κ3) is 4.24. The monoisotopic (exact) mass is 497 g/mol. The third-order valence-electron chi connectivity index (χ3n) is 5.06. The van der Waals surface area contributed by atoms with Crippen molar-refractivity contribution in [2.24, 2.45) is 0 Å². The van der Waals surface area contributed by atoms with Crippen LogP contribution in [0.4, 0.5) is 5.69 Å². The van der Waals surface area contributed by atoms with E-state index in [-0.39, 0.29) is 59.4 Å². The molecular formula is C18H16ClN5O6S2. The maximum Gasteiger partial charge on any atom is 0.271 e. The lowest BCUT2D eigenvalue weighted by Crippen LogP contribution is -2.51. The van der Waals surface area contributed by atoms with Gasteiger partial charge < -0.3 is 4.90 Å². The molecule has 11 nitrogen and oxygen atoms in total. The Balaban J connectivity index is 1.44. The zero-order valence-corrected chi connectivity index (χ0v) is 18.8. The standard InChI is InChI=1S/C18H16ClN5O6S2/c19-15-3-4-17(31-15)32(29,30)23-7-5-21(6-8-23)16(25)10-22-11-20-14-9-12(24(27)28)1-2-13(14)18(22)26/h1-4,9,11H,5-8,10H2. The van der Waals surface area contributed by atoms with E-state index in [0.717, 1.165) is 15.9 Å². The Labute approximate surface area is 190 Å². The molecule has 3 aromatic rings. The van der Waals surface area contributed by atoms with Gasteiger partial charge in [-0.1, -0.05) is 11.6 Å². The van der Waals surface area contributed by atoms with E-state index >= 15 is 0 Å². The zero-order chi connectivity index (χ0) is 23.0. The minimum Gasteiger partial charge on any atom is -0.338 e. The number of rotatable bonds is 5. The summed E-state index contributed by atoms with van der Waals surface area (Å²) in [7, 11) is -3.67. The Hall–Kier alpha value is -2.87. The number of benzene rings is 1. The number of nitrogens with zero attached hydrogens (tertiary/aromatic N) is 5. The lowest BCUT2D eigenvalue weighted by atomic mass is 10.2. The second-order valence-corrected chi connectivity index (χ2v) is 10.9. The molecule has 0 atom stereocenters. The molecule has 2 aromatic heterocycles. The van der Waals surface area contributed by atoms with Crippen molar-refractivity contribution in [2.75, 3.05) is 26.2 Å². The van der Waals surface area contributed by atoms with Crippen LogP contribution in [0.3, 0.4) is 0 Å². The number of amides is 1. The molecule has 32 heavy (non-hydrogen) atoms. The molecule has 0 N–H and O–H groups in total. The van der Waals surface area contributed by atoms with E-state index in [9.17, 15) is 28.1 Å². The second-order valence-electron chi connectivity index (χ2n) is 6.98. The van der Waals surface area contributed by atoms with E-state index in [0.29, 0.717) is 4.34 Å². The van der Waals surface area contributed by atoms with E-state index in [1.54, 1.807) is 0 Å². The number of non-ortho nitro benzene ring substituents is 1. The Morgan fingerprint density at radius 2 is 1.91 bits per heavy atom. The highest BCUT2D eigenvalue weighted by Crippen LogP contribution is 2.28. The summed E-state index contributed by atoms with van der Waals surface area (Å²) in [6, 6.07) is 6.69. The fourth-order valence-corrected chi connectivity index (χ4v) is 6.42. The SMILES string of the molecule is O=C(Cn1cnc2cc([N+](=O)[O-])ccc2c1=O)N1CCN(S(=O)(=O)c2ccc(Cl)s2)CC1. The number of piperazine rings is 1. The Morgan fingerprint density at radius 3 is 2.53 bits per heavy atom. The van der Waals surface area contributed by atoms with Crippen molar-refractivity contribution in [3.63, 3.8) is 0 Å². The minimum atomic E-state index is -3.67. The van der Waals surface area contributed by atoms with E-state index in [4.69, 9.17) is 11.6 Å². The van der Waals surface area contributed by atoms with Crippen LogP contribution in [0.2, 0.25) is 4.34 Å². The van der Waals surface area contributed by atoms with Crippen LogP contribution in [-0.2, 0) is 21.4 Å². The maximum atomic E-state index is 12.7. The smallest absolute Gasteiger partial charge is 0.271 e. The van der Waals surface area contributed by atoms with Gasteiger partial charge in [-0.25, -0.2) is 13.4 Å². The van der Waals surface area contributed by atoms with Gasteiger partial charge in [0, 0.05) is 38.3 Å². The maximum absolute atomic E-state index is 12.7. The predicted molar refractivity (Wildman–Crippen MR) is 117 cm³/mol. The number of nitro groups is 1. The summed E-state index contributed by atoms with van der Waals surface area (Å²) in [5.74, 6) is -0.355. The highest BCUT2D eigenvalue weighted by Gasteiger charge is 2.31. The van der Waals surface area contributed by atoms with Crippen molar-refractivity contribution in [2.45, 2.75) is 10.8 Å². The third-order valence-corrected chi connectivity index (χ3v) is 8.66. The molecule has 0 spiro atoms. The molecule has 1 aromatic carbocycles. The number of halogens is 1. The highest BCUT2D eigenvalue weighted by molar-refractivity contribution is 7.91. The van der Waals surface area contributed by atoms with Crippen LogP contribution < -0.4 is 5.56 Å². The fraction of sp³-hybridized carbons (Fsp3) is 0.278. The summed E-state index contributed by atoms with van der Waals surface area (Å²) in [6.07, 6.45) is 1.17. The normalized spacial score (nSPS) is 15.2. The molecule has 0 bridgehead atoms. The number of hydrogen-bond acceptors (Lipinski definition) is 8. The van der Waals surface area contributed by atoms with E-state index < -0.39 is 20.5 Å². The lowest BCUT2D eigenvalue weighted by Gasteiger charge is -2.33. The first-order valence-electron chi connectivity index (χ1n) is 9.33. The number of aromatic nitrogens is 2. The summed E-state index contributed by atoms with van der Waals surface area (Å²) in [5.41, 5.74) is -0.509. The molecule has 1 amide bonds. The highest BCUT2D eigenvalue weighted by atomic mass is 35.5. The van der Waals surface area contributed by atoms with Gasteiger partial charge in [0.1, 0.15) is 10.8 Å². The predicted octanol–water partition coefficient (Wildman–Crippen LogP) is 1.55. The van der Waals surface area contributed by atoms with Gasteiger partial charge >= 0.3 is 0 Å². The van der Waals surface area contributed by atoms with Crippen LogP contribution in [0, 0.1) is 10.1 Å². The summed E-state index contributed by atoms with van der Waals surface area (Å²) >= 11 is 6.81. The molecule has 1 aliphatic heterocycles. The Morgan fingerprint density at radius 1 is 1.19 bits per heavy atom. The number of carbonyl (C=O) groups is 1. The van der Waals surface area contributed by atoms with Crippen LogP contribution in [0.1, 0.15) is 0 Å². The molecule has 3 heterocycles. The average Bonchev–Trinajstić information content (AvgIpc) is 3.22. The molecule has 14 heteroatoms. The summed E-state index contributed by atoms with van der Waals surface area (Å²) < 4.78 is 28.3. The lowest BCUT2D eigenvalue weighted by molar-refractivity contribution is -0.384. The number of carbonyl (C=O) groups excluding carboxylic acids is 1. The number of hydrogen-bond donors (Lipinski definition) is 0. The van der Waals surface area contributed by atoms with Gasteiger partial charge in [-0.15, -0.1) is 11.3 Å². The van der Waals surface area contributed by atoms with Gasteiger partial charge in [-0.3, -0.25) is 24.3 Å². The number of nitro benzene ring substituents is 1. The average molecular weight is 498 g/mol. The van der Waals surface area contributed by atoms with Crippen LogP contribution >= 0.6 is 22.9 Å². The van der Waals surface area contributed by atoms with Crippen molar-refractivity contribution in [1.29, 1.82) is 0 Å². The van der Waals surface area contributed by atoms with Crippen molar-refractivity contribution >= 4 is 55.5 Å². The zero-order valence-electron chi connectivity index (χ0n) is 16.4. The molecule has 168 valence electrons. The molecule has 0 unspecified atom stereocenters. The van der Waals surface area contributed by atoms with Gasteiger partial charge in [0.25, 0.3) is 21.3 Å². The van der Waals surface area contributed by atoms with Crippen LogP contribution in [0.15, 0.2) is 45.7 Å². The molecule has 0 saturated carbocycles. The summed E-state index contributed by atoms with van der Waals surface area (Å²) in [4.78, 5) is 41.2. The van der Waals surface area contributed by atoms with Gasteiger partial charge in [-0.2, -0.15) is 4.31 Å². The molecule has 0 aliphatic carbocycles. The molecule has 1 fully saturated rings. The van der Waals surface area contributed by atoms with Crippen LogP contribution in [0.5, 0.6) is 0 Å². The molecule has 1 aliphatic rings. The van der Waals surface area contributed by atoms with Gasteiger partial charge in [0.2, 0.25) is 5.91 Å². The van der Waals surface area contributed by atoms with Crippen molar-refractivity contribution in [1.82, 2.24) is 18.8 Å². The molecule has 4 rings (SSSR count). The quantitative estimate of drug-likeness (QED) is 0.385. The fourth-order valence-electron chi connectivity index (χ4n) is 3.36. The largest absolute Gasteiger partial charge is 0.338 e. The first-order valence-corrected chi connectivity index (χ1v) is 12.0. The van der Waals surface area contributed by atoms with Crippen molar-refractivity contribution < 1.29 is 18.1 Å². The Bertz CT molecular complexity index is 1380. The van der Waals surface area contributed by atoms with Crippen molar-refractivity contribution in [3.05, 3.63) is 61.5 Å². The van der Waals surface area contributed by atoms with Crippen LogP contribution in [0.25, 0.3) is 10.9 Å². The van der Waals surface area contributed by atoms with Gasteiger partial charge in [0.05, 0.1) is 26.5 Å². The minimum absolute atomic E-state index is 0.123. The van der Waals surface area contributed by atoms with E-state index in [1.807, 2.05) is 0 Å². The molecular weight excluding hydrogens is 482 g/mol. The molecule has 1 saturated heterocycles. The second kappa shape index (κ2) is 8.58. The molecule has 0 radical (unpaired) electrons. The number of sulfonamides is 1. The topological polar surface area (TPSA) is 136 Å². The number of thiophene rings is 1. The van der Waals surface area contributed by atoms with E-state index in [2.05, 4.69) is 4.98 Å².